The van der Waals surface area contributed by atoms with Gasteiger partial charge in [0.2, 0.25) is 0 Å². The lowest BCUT2D eigenvalue weighted by atomic mass is 9.81. The van der Waals surface area contributed by atoms with E-state index in [1.165, 1.54) is 67.0 Å². The molecule has 1 aliphatic heterocycles. The number of ether oxygens (including phenoxy) is 2. The van der Waals surface area contributed by atoms with E-state index >= 15 is 0 Å². The highest BCUT2D eigenvalue weighted by Gasteiger charge is 2.28. The van der Waals surface area contributed by atoms with Crippen molar-refractivity contribution in [3.8, 4) is 17.0 Å². The van der Waals surface area contributed by atoms with Crippen LogP contribution in [-0.2, 0) is 17.9 Å². The highest BCUT2D eigenvalue weighted by Crippen LogP contribution is 2.46. The van der Waals surface area contributed by atoms with Crippen LogP contribution in [0.3, 0.4) is 0 Å². The molecule has 4 nitrogen and oxygen atoms in total. The number of rotatable bonds is 5. The molecule has 36 heavy (non-hydrogen) atoms. The molecule has 0 bridgehead atoms. The molecule has 4 aromatic rings. The number of carbonyl (C=O) groups is 1. The fraction of sp³-hybridized carbons (Fsp3) is 0.281. The zero-order valence-electron chi connectivity index (χ0n) is 20.7. The normalized spacial score (nSPS) is 15.2. The predicted molar refractivity (Wildman–Crippen MR) is 144 cm³/mol. The van der Waals surface area contributed by atoms with Crippen molar-refractivity contribution in [1.29, 1.82) is 0 Å². The number of benzene rings is 3. The van der Waals surface area contributed by atoms with Crippen LogP contribution in [0.5, 0.6) is 5.75 Å². The SMILES string of the molecule is COC(=O)c1ccc2c(C3CCCCC3)c3n(c2c1)CC=Cc1cc(OCc2ccccc2)ccc1-3. The molecule has 0 radical (unpaired) electrons. The Morgan fingerprint density at radius 3 is 2.61 bits per heavy atom. The molecule has 1 saturated carbocycles. The van der Waals surface area contributed by atoms with E-state index in [1.807, 2.05) is 30.3 Å². The van der Waals surface area contributed by atoms with E-state index in [4.69, 9.17) is 9.47 Å². The number of esters is 1. The second-order valence-corrected chi connectivity index (χ2v) is 9.86. The van der Waals surface area contributed by atoms with Crippen LogP contribution in [-0.4, -0.2) is 17.6 Å². The first-order valence-corrected chi connectivity index (χ1v) is 12.9. The van der Waals surface area contributed by atoms with Gasteiger partial charge >= 0.3 is 5.97 Å². The molecule has 0 unspecified atom stereocenters. The maximum Gasteiger partial charge on any atom is 0.337 e. The molecule has 2 heterocycles. The number of nitrogens with zero attached hydrogens (tertiary/aromatic N) is 1. The predicted octanol–water partition coefficient (Wildman–Crippen LogP) is 7.75. The molecule has 0 spiro atoms. The zero-order valence-corrected chi connectivity index (χ0v) is 20.7. The maximum atomic E-state index is 12.3. The van der Waals surface area contributed by atoms with Gasteiger partial charge in [-0.2, -0.15) is 0 Å². The average molecular weight is 478 g/mol. The third-order valence-corrected chi connectivity index (χ3v) is 7.65. The number of carbonyl (C=O) groups excluding carboxylic acids is 1. The summed E-state index contributed by atoms with van der Waals surface area (Å²) in [4.78, 5) is 12.3. The Hall–Kier alpha value is -3.79. The second-order valence-electron chi connectivity index (χ2n) is 9.86. The topological polar surface area (TPSA) is 40.5 Å². The molecule has 2 aliphatic rings. The summed E-state index contributed by atoms with van der Waals surface area (Å²) in [7, 11) is 1.44. The van der Waals surface area contributed by atoms with E-state index in [-0.39, 0.29) is 5.97 Å². The van der Waals surface area contributed by atoms with E-state index in [9.17, 15) is 4.79 Å². The van der Waals surface area contributed by atoms with Gasteiger partial charge in [-0.15, -0.1) is 0 Å². The van der Waals surface area contributed by atoms with Crippen LogP contribution in [0.4, 0.5) is 0 Å². The van der Waals surface area contributed by atoms with Gasteiger partial charge in [-0.1, -0.05) is 67.8 Å². The van der Waals surface area contributed by atoms with Crippen LogP contribution in [0, 0.1) is 0 Å². The summed E-state index contributed by atoms with van der Waals surface area (Å²) in [5, 5.41) is 1.26. The largest absolute Gasteiger partial charge is 0.489 e. The third kappa shape index (κ3) is 4.11. The van der Waals surface area contributed by atoms with Gasteiger partial charge in [-0.25, -0.2) is 4.79 Å². The van der Waals surface area contributed by atoms with Crippen molar-refractivity contribution in [2.45, 2.75) is 51.2 Å². The zero-order chi connectivity index (χ0) is 24.5. The summed E-state index contributed by atoms with van der Waals surface area (Å²) in [5.41, 5.74) is 7.98. The monoisotopic (exact) mass is 477 g/mol. The Kier molecular flexibility index (Phi) is 6.10. The van der Waals surface area contributed by atoms with Gasteiger partial charge in [0.05, 0.1) is 18.4 Å². The Balaban J connectivity index is 1.47. The molecule has 1 fully saturated rings. The van der Waals surface area contributed by atoms with Gasteiger partial charge in [0.15, 0.2) is 0 Å². The Bertz CT molecular complexity index is 1440. The first-order valence-electron chi connectivity index (χ1n) is 12.9. The number of aromatic nitrogens is 1. The van der Waals surface area contributed by atoms with Gasteiger partial charge < -0.3 is 14.0 Å². The summed E-state index contributed by atoms with van der Waals surface area (Å²) in [6.07, 6.45) is 10.7. The molecular weight excluding hydrogens is 446 g/mol. The highest BCUT2D eigenvalue weighted by molar-refractivity contribution is 5.99. The maximum absolute atomic E-state index is 12.3. The smallest absolute Gasteiger partial charge is 0.337 e. The Morgan fingerprint density at radius 1 is 0.972 bits per heavy atom. The quantitative estimate of drug-likeness (QED) is 0.276. The van der Waals surface area contributed by atoms with Crippen molar-refractivity contribution in [2.75, 3.05) is 7.11 Å². The van der Waals surface area contributed by atoms with Crippen LogP contribution in [0.15, 0.2) is 72.8 Å². The Labute approximate surface area is 212 Å². The van der Waals surface area contributed by atoms with Crippen molar-refractivity contribution >= 4 is 22.9 Å². The van der Waals surface area contributed by atoms with Crippen LogP contribution >= 0.6 is 0 Å². The number of allylic oxidation sites excluding steroid dienone is 1. The molecule has 0 N–H and O–H groups in total. The molecular formula is C32H31NO3. The number of hydrogen-bond acceptors (Lipinski definition) is 3. The molecule has 6 rings (SSSR count). The number of methoxy groups -OCH3 is 1. The van der Waals surface area contributed by atoms with Crippen molar-refractivity contribution in [1.82, 2.24) is 4.57 Å². The molecule has 1 aliphatic carbocycles. The lowest BCUT2D eigenvalue weighted by molar-refractivity contribution is 0.0601. The summed E-state index contributed by atoms with van der Waals surface area (Å²) >= 11 is 0. The number of fused-ring (bicyclic) bond motifs is 5. The first-order chi connectivity index (χ1) is 17.7. The molecule has 1 aromatic heterocycles. The summed E-state index contributed by atoms with van der Waals surface area (Å²) in [6.45, 7) is 1.31. The minimum absolute atomic E-state index is 0.295. The molecule has 4 heteroatoms. The van der Waals surface area contributed by atoms with Gasteiger partial charge in [0.1, 0.15) is 12.4 Å². The van der Waals surface area contributed by atoms with E-state index in [1.54, 1.807) is 0 Å². The standard InChI is InChI=1S/C32H31NO3/c1-35-32(34)25-14-16-28-29(20-25)33-18-8-13-24-19-26(36-21-22-9-4-2-5-10-22)15-17-27(24)31(33)30(28)23-11-6-3-7-12-23/h2,4-5,8-10,13-17,19-20,23H,3,6-7,11-12,18,21H2,1H3. The Morgan fingerprint density at radius 2 is 1.81 bits per heavy atom. The van der Waals surface area contributed by atoms with Crippen LogP contribution in [0.25, 0.3) is 28.2 Å². The van der Waals surface area contributed by atoms with E-state index in [0.29, 0.717) is 18.1 Å². The number of hydrogen-bond donors (Lipinski definition) is 0. The van der Waals surface area contributed by atoms with Gasteiger partial charge in [-0.05, 0) is 65.8 Å². The summed E-state index contributed by atoms with van der Waals surface area (Å²) in [6, 6.07) is 22.8. The van der Waals surface area contributed by atoms with E-state index in [2.05, 4.69) is 53.1 Å². The van der Waals surface area contributed by atoms with Crippen LogP contribution in [0.2, 0.25) is 0 Å². The first kappa shape index (κ1) is 22.7. The van der Waals surface area contributed by atoms with Crippen molar-refractivity contribution in [3.63, 3.8) is 0 Å². The second kappa shape index (κ2) is 9.69. The van der Waals surface area contributed by atoms with Gasteiger partial charge in [-0.3, -0.25) is 0 Å². The summed E-state index contributed by atoms with van der Waals surface area (Å²) < 4.78 is 13.6. The van der Waals surface area contributed by atoms with Gasteiger partial charge in [0.25, 0.3) is 0 Å². The molecule has 3 aromatic carbocycles. The van der Waals surface area contributed by atoms with Gasteiger partial charge in [0, 0.05) is 23.0 Å². The van der Waals surface area contributed by atoms with Crippen molar-refractivity contribution in [3.05, 3.63) is 95.1 Å². The minimum Gasteiger partial charge on any atom is -0.489 e. The average Bonchev–Trinajstić information content (AvgIpc) is 3.13. The molecule has 0 saturated heterocycles. The molecule has 0 amide bonds. The fourth-order valence-corrected chi connectivity index (χ4v) is 5.92. The van der Waals surface area contributed by atoms with E-state index in [0.717, 1.165) is 23.4 Å². The minimum atomic E-state index is -0.295. The fourth-order valence-electron chi connectivity index (χ4n) is 5.92. The lowest BCUT2D eigenvalue weighted by Gasteiger charge is -2.24. The van der Waals surface area contributed by atoms with Crippen LogP contribution in [0.1, 0.15) is 65.1 Å². The molecule has 182 valence electrons. The third-order valence-electron chi connectivity index (χ3n) is 7.65. The van der Waals surface area contributed by atoms with Crippen molar-refractivity contribution < 1.29 is 14.3 Å². The highest BCUT2D eigenvalue weighted by atomic mass is 16.5. The van der Waals surface area contributed by atoms with Crippen LogP contribution < -0.4 is 4.74 Å². The van der Waals surface area contributed by atoms with Crippen molar-refractivity contribution in [2.24, 2.45) is 0 Å². The lowest BCUT2D eigenvalue weighted by Crippen LogP contribution is -2.07. The molecule has 0 atom stereocenters. The van der Waals surface area contributed by atoms with E-state index < -0.39 is 0 Å². The summed E-state index contributed by atoms with van der Waals surface area (Å²) in [5.74, 6) is 1.11.